The number of nitrogens with one attached hydrogen (secondary N) is 1. The molecule has 7 heteroatoms. The first-order valence-electron chi connectivity index (χ1n) is 5.40. The second-order valence-corrected chi connectivity index (χ2v) is 3.91. The van der Waals surface area contributed by atoms with Crippen molar-refractivity contribution in [2.45, 2.75) is 0 Å². The molecule has 6 nitrogen and oxygen atoms in total. The lowest BCUT2D eigenvalue weighted by atomic mass is 10.1. The van der Waals surface area contributed by atoms with Gasteiger partial charge in [-0.3, -0.25) is 4.79 Å². The number of hydrogen-bond acceptors (Lipinski definition) is 5. The SMILES string of the molecule is Cl.Nc1ccc(NC(=O)c2ccc(O)c(O)c2O)cc1. The lowest BCUT2D eigenvalue weighted by Gasteiger charge is -2.08. The van der Waals surface area contributed by atoms with Gasteiger partial charge in [-0.15, -0.1) is 12.4 Å². The Balaban J connectivity index is 0.00000200. The lowest BCUT2D eigenvalue weighted by Crippen LogP contribution is -2.12. The van der Waals surface area contributed by atoms with Gasteiger partial charge in [0.05, 0.1) is 5.56 Å². The zero-order chi connectivity index (χ0) is 14.0. The Morgan fingerprint density at radius 2 is 1.55 bits per heavy atom. The summed E-state index contributed by atoms with van der Waals surface area (Å²) >= 11 is 0. The maximum absolute atomic E-state index is 11.9. The number of aromatic hydroxyl groups is 3. The van der Waals surface area contributed by atoms with Crippen LogP contribution in [0.2, 0.25) is 0 Å². The molecule has 0 heterocycles. The van der Waals surface area contributed by atoms with Gasteiger partial charge in [-0.25, -0.2) is 0 Å². The number of anilines is 2. The number of phenolic OH excluding ortho intramolecular Hbond substituents is 3. The molecule has 2 aromatic carbocycles. The summed E-state index contributed by atoms with van der Waals surface area (Å²) in [4.78, 5) is 11.9. The summed E-state index contributed by atoms with van der Waals surface area (Å²) in [5.41, 5.74) is 6.42. The van der Waals surface area contributed by atoms with Gasteiger partial charge >= 0.3 is 0 Å². The quantitative estimate of drug-likeness (QED) is 0.430. The second-order valence-electron chi connectivity index (χ2n) is 3.91. The standard InChI is InChI=1S/C13H12N2O4.ClH/c14-7-1-3-8(4-2-7)15-13(19)9-5-6-10(16)12(18)11(9)17;/h1-6,16-18H,14H2,(H,15,19);1H. The van der Waals surface area contributed by atoms with Crippen LogP contribution in [-0.4, -0.2) is 21.2 Å². The lowest BCUT2D eigenvalue weighted by molar-refractivity contribution is 0.102. The third kappa shape index (κ3) is 3.04. The van der Waals surface area contributed by atoms with Gasteiger partial charge in [-0.05, 0) is 36.4 Å². The number of amides is 1. The van der Waals surface area contributed by atoms with E-state index in [1.54, 1.807) is 24.3 Å². The largest absolute Gasteiger partial charge is 0.504 e. The molecule has 0 aliphatic carbocycles. The van der Waals surface area contributed by atoms with Crippen molar-refractivity contribution in [1.29, 1.82) is 0 Å². The number of nitrogens with two attached hydrogens (primary N) is 1. The predicted molar refractivity (Wildman–Crippen MR) is 77.5 cm³/mol. The maximum Gasteiger partial charge on any atom is 0.259 e. The monoisotopic (exact) mass is 296 g/mol. The van der Waals surface area contributed by atoms with Crippen LogP contribution < -0.4 is 11.1 Å². The van der Waals surface area contributed by atoms with Crippen LogP contribution in [0.5, 0.6) is 17.2 Å². The summed E-state index contributed by atoms with van der Waals surface area (Å²) in [6, 6.07) is 8.76. The first-order chi connectivity index (χ1) is 8.99. The molecule has 2 rings (SSSR count). The van der Waals surface area contributed by atoms with E-state index in [9.17, 15) is 20.1 Å². The van der Waals surface area contributed by atoms with Gasteiger partial charge in [0.15, 0.2) is 11.5 Å². The van der Waals surface area contributed by atoms with Gasteiger partial charge in [-0.2, -0.15) is 0 Å². The normalized spacial score (nSPS) is 9.60. The topological polar surface area (TPSA) is 116 Å². The summed E-state index contributed by atoms with van der Waals surface area (Å²) in [6.07, 6.45) is 0. The molecule has 0 unspecified atom stereocenters. The second kappa shape index (κ2) is 6.03. The first-order valence-corrected chi connectivity index (χ1v) is 5.40. The van der Waals surface area contributed by atoms with Crippen LogP contribution in [0.4, 0.5) is 11.4 Å². The highest BCUT2D eigenvalue weighted by atomic mass is 35.5. The minimum atomic E-state index is -0.732. The van der Waals surface area contributed by atoms with E-state index in [1.165, 1.54) is 6.07 Å². The molecule has 6 N–H and O–H groups in total. The fourth-order valence-electron chi connectivity index (χ4n) is 1.52. The van der Waals surface area contributed by atoms with Crippen LogP contribution in [0.1, 0.15) is 10.4 Å². The molecular weight excluding hydrogens is 284 g/mol. The molecule has 0 spiro atoms. The van der Waals surface area contributed by atoms with Crippen LogP contribution in [0.15, 0.2) is 36.4 Å². The van der Waals surface area contributed by atoms with Crippen molar-refractivity contribution in [3.8, 4) is 17.2 Å². The highest BCUT2D eigenvalue weighted by Gasteiger charge is 2.17. The molecule has 2 aromatic rings. The van der Waals surface area contributed by atoms with E-state index in [1.807, 2.05) is 0 Å². The molecule has 0 fully saturated rings. The average Bonchev–Trinajstić information content (AvgIpc) is 2.39. The first kappa shape index (κ1) is 15.5. The molecular formula is C13H13ClN2O4. The van der Waals surface area contributed by atoms with Gasteiger partial charge in [0.1, 0.15) is 0 Å². The summed E-state index contributed by atoms with van der Waals surface area (Å²) in [6.45, 7) is 0. The fourth-order valence-corrected chi connectivity index (χ4v) is 1.52. The number of carbonyl (C=O) groups excluding carboxylic acids is 1. The zero-order valence-electron chi connectivity index (χ0n) is 10.2. The molecule has 0 aliphatic heterocycles. The van der Waals surface area contributed by atoms with E-state index in [0.717, 1.165) is 6.07 Å². The Morgan fingerprint density at radius 1 is 0.950 bits per heavy atom. The van der Waals surface area contributed by atoms with Crippen molar-refractivity contribution in [1.82, 2.24) is 0 Å². The predicted octanol–water partition coefficient (Wildman–Crippen LogP) is 2.06. The third-order valence-corrected chi connectivity index (χ3v) is 2.54. The van der Waals surface area contributed by atoms with Gasteiger partial charge in [0, 0.05) is 11.4 Å². The molecule has 20 heavy (non-hydrogen) atoms. The number of carbonyl (C=O) groups is 1. The number of rotatable bonds is 2. The van der Waals surface area contributed by atoms with Crippen LogP contribution >= 0.6 is 12.4 Å². The molecule has 1 amide bonds. The smallest absolute Gasteiger partial charge is 0.259 e. The minimum absolute atomic E-state index is 0. The number of phenols is 3. The zero-order valence-corrected chi connectivity index (χ0v) is 11.0. The fraction of sp³-hybridized carbons (Fsp3) is 0. The van der Waals surface area contributed by atoms with Crippen molar-refractivity contribution in [3.05, 3.63) is 42.0 Å². The van der Waals surface area contributed by atoms with E-state index in [2.05, 4.69) is 5.32 Å². The van der Waals surface area contributed by atoms with E-state index in [0.29, 0.717) is 11.4 Å². The van der Waals surface area contributed by atoms with Crippen molar-refractivity contribution < 1.29 is 20.1 Å². The van der Waals surface area contributed by atoms with Gasteiger partial charge in [0.25, 0.3) is 5.91 Å². The Hall–Kier alpha value is -2.60. The van der Waals surface area contributed by atoms with Crippen LogP contribution in [0.3, 0.4) is 0 Å². The van der Waals surface area contributed by atoms with Gasteiger partial charge in [-0.1, -0.05) is 0 Å². The molecule has 106 valence electrons. The summed E-state index contributed by atoms with van der Waals surface area (Å²) in [7, 11) is 0. The summed E-state index contributed by atoms with van der Waals surface area (Å²) in [5.74, 6) is -2.52. The summed E-state index contributed by atoms with van der Waals surface area (Å²) in [5, 5.41) is 30.6. The van der Waals surface area contributed by atoms with E-state index in [4.69, 9.17) is 5.73 Å². The van der Waals surface area contributed by atoms with Crippen LogP contribution in [0.25, 0.3) is 0 Å². The Bertz CT molecular complexity index is 629. The van der Waals surface area contributed by atoms with Gasteiger partial charge in [0.2, 0.25) is 5.75 Å². The highest BCUT2D eigenvalue weighted by Crippen LogP contribution is 2.37. The third-order valence-electron chi connectivity index (χ3n) is 2.54. The Morgan fingerprint density at radius 3 is 2.15 bits per heavy atom. The van der Waals surface area contributed by atoms with Crippen LogP contribution in [0, 0.1) is 0 Å². The Labute approximate surface area is 120 Å². The van der Waals surface area contributed by atoms with Crippen molar-refractivity contribution in [3.63, 3.8) is 0 Å². The molecule has 0 aliphatic rings. The minimum Gasteiger partial charge on any atom is -0.504 e. The van der Waals surface area contributed by atoms with Gasteiger partial charge < -0.3 is 26.4 Å². The van der Waals surface area contributed by atoms with Crippen molar-refractivity contribution in [2.75, 3.05) is 11.1 Å². The molecule has 0 atom stereocenters. The molecule has 0 saturated carbocycles. The number of nitrogen functional groups attached to an aromatic ring is 1. The van der Waals surface area contributed by atoms with Crippen LogP contribution in [-0.2, 0) is 0 Å². The van der Waals surface area contributed by atoms with E-state index in [-0.39, 0.29) is 18.0 Å². The summed E-state index contributed by atoms with van der Waals surface area (Å²) < 4.78 is 0. The number of hydrogen-bond donors (Lipinski definition) is 5. The average molecular weight is 297 g/mol. The highest BCUT2D eigenvalue weighted by molar-refractivity contribution is 6.06. The molecule has 0 bridgehead atoms. The molecule has 0 saturated heterocycles. The number of halogens is 1. The number of benzene rings is 2. The molecule has 0 radical (unpaired) electrons. The van der Waals surface area contributed by atoms with Crippen molar-refractivity contribution in [2.24, 2.45) is 0 Å². The maximum atomic E-state index is 11.9. The van der Waals surface area contributed by atoms with E-state index >= 15 is 0 Å². The Kier molecular flexibility index (Phi) is 4.66. The van der Waals surface area contributed by atoms with Crippen molar-refractivity contribution >= 4 is 29.7 Å². The van der Waals surface area contributed by atoms with E-state index < -0.39 is 23.2 Å². The molecule has 0 aromatic heterocycles.